The predicted molar refractivity (Wildman–Crippen MR) is 61.0 cm³/mol. The van der Waals surface area contributed by atoms with E-state index in [-0.39, 0.29) is 12.1 Å². The minimum Gasteiger partial charge on any atom is -0.394 e. The number of hydrogen-bond acceptors (Lipinski definition) is 4. The molecule has 90 valence electrons. The van der Waals surface area contributed by atoms with Crippen LogP contribution >= 0.6 is 0 Å². The minimum atomic E-state index is -0.119. The first-order valence-electron chi connectivity index (χ1n) is 5.80. The quantitative estimate of drug-likeness (QED) is 0.659. The maximum atomic E-state index is 9.23. The maximum absolute atomic E-state index is 9.23. The summed E-state index contributed by atoms with van der Waals surface area (Å²) in [6, 6.07) is 0. The number of likely N-dealkylation sites (N-methyl/N-ethyl adjacent to an activating group) is 1. The molecule has 4 heteroatoms. The number of ether oxygens (including phenoxy) is 1. The van der Waals surface area contributed by atoms with Crippen molar-refractivity contribution in [2.24, 2.45) is 0 Å². The molecule has 4 nitrogen and oxygen atoms in total. The van der Waals surface area contributed by atoms with Crippen LogP contribution < -0.4 is 5.32 Å². The normalized spacial score (nSPS) is 22.6. The number of rotatable bonds is 6. The van der Waals surface area contributed by atoms with Crippen LogP contribution in [0.1, 0.15) is 19.8 Å². The summed E-state index contributed by atoms with van der Waals surface area (Å²) < 4.78 is 5.30. The van der Waals surface area contributed by atoms with Gasteiger partial charge in [-0.25, -0.2) is 0 Å². The minimum absolute atomic E-state index is 0.119. The van der Waals surface area contributed by atoms with Gasteiger partial charge in [0.1, 0.15) is 0 Å². The van der Waals surface area contributed by atoms with Gasteiger partial charge in [0.2, 0.25) is 0 Å². The van der Waals surface area contributed by atoms with E-state index in [0.29, 0.717) is 0 Å². The maximum Gasteiger partial charge on any atom is 0.0610 e. The number of morpholine rings is 1. The Labute approximate surface area is 92.6 Å². The molecule has 1 aliphatic rings. The first-order chi connectivity index (χ1) is 7.20. The van der Waals surface area contributed by atoms with E-state index < -0.39 is 0 Å². The molecule has 0 spiro atoms. The van der Waals surface area contributed by atoms with Gasteiger partial charge in [-0.15, -0.1) is 0 Å². The molecule has 1 rings (SSSR count). The molecule has 0 saturated carbocycles. The van der Waals surface area contributed by atoms with Crippen molar-refractivity contribution in [2.75, 3.05) is 46.5 Å². The Kier molecular flexibility index (Phi) is 5.53. The molecule has 2 N–H and O–H groups in total. The summed E-state index contributed by atoms with van der Waals surface area (Å²) in [5.41, 5.74) is -0.119. The molecule has 0 radical (unpaired) electrons. The van der Waals surface area contributed by atoms with Crippen molar-refractivity contribution in [1.82, 2.24) is 10.2 Å². The summed E-state index contributed by atoms with van der Waals surface area (Å²) in [6.07, 6.45) is 2.13. The van der Waals surface area contributed by atoms with Crippen LogP contribution in [0.4, 0.5) is 0 Å². The van der Waals surface area contributed by atoms with Crippen LogP contribution in [0.5, 0.6) is 0 Å². The first kappa shape index (κ1) is 12.9. The molecule has 15 heavy (non-hydrogen) atoms. The Morgan fingerprint density at radius 3 is 2.60 bits per heavy atom. The SMILES string of the molecule is CNC(C)(CO)CCCN1CCOCC1. The molecule has 1 fully saturated rings. The highest BCUT2D eigenvalue weighted by Gasteiger charge is 2.20. The number of nitrogens with zero attached hydrogens (tertiary/aromatic N) is 1. The standard InChI is InChI=1S/C11H24N2O2/c1-11(10-14,12-2)4-3-5-13-6-8-15-9-7-13/h12,14H,3-10H2,1-2H3. The summed E-state index contributed by atoms with van der Waals surface area (Å²) >= 11 is 0. The van der Waals surface area contributed by atoms with Crippen LogP contribution in [0.2, 0.25) is 0 Å². The molecule has 0 aromatic heterocycles. The molecule has 1 atom stereocenters. The Balaban J connectivity index is 2.14. The predicted octanol–water partition coefficient (Wildman–Crippen LogP) is 0.0692. The highest BCUT2D eigenvalue weighted by Crippen LogP contribution is 2.11. The highest BCUT2D eigenvalue weighted by molar-refractivity contribution is 4.80. The monoisotopic (exact) mass is 216 g/mol. The van der Waals surface area contributed by atoms with Gasteiger partial charge in [-0.2, -0.15) is 0 Å². The lowest BCUT2D eigenvalue weighted by molar-refractivity contribution is 0.0356. The zero-order valence-corrected chi connectivity index (χ0v) is 9.96. The molecule has 0 aliphatic carbocycles. The van der Waals surface area contributed by atoms with Gasteiger partial charge in [-0.05, 0) is 33.4 Å². The van der Waals surface area contributed by atoms with E-state index in [1.165, 1.54) is 0 Å². The van der Waals surface area contributed by atoms with Crippen molar-refractivity contribution in [1.29, 1.82) is 0 Å². The Bertz CT molecular complexity index is 166. The van der Waals surface area contributed by atoms with E-state index in [1.807, 2.05) is 7.05 Å². The van der Waals surface area contributed by atoms with E-state index in [0.717, 1.165) is 45.7 Å². The lowest BCUT2D eigenvalue weighted by atomic mass is 9.97. The summed E-state index contributed by atoms with van der Waals surface area (Å²) in [7, 11) is 1.91. The Morgan fingerprint density at radius 2 is 2.07 bits per heavy atom. The van der Waals surface area contributed by atoms with Gasteiger partial charge >= 0.3 is 0 Å². The lowest BCUT2D eigenvalue weighted by Crippen LogP contribution is -2.44. The molecule has 1 heterocycles. The summed E-state index contributed by atoms with van der Waals surface area (Å²) in [5, 5.41) is 12.4. The summed E-state index contributed by atoms with van der Waals surface area (Å²) in [5.74, 6) is 0. The third kappa shape index (κ3) is 4.47. The molecule has 0 aromatic rings. The number of hydrogen-bond donors (Lipinski definition) is 2. The molecule has 0 bridgehead atoms. The van der Waals surface area contributed by atoms with Crippen molar-refractivity contribution in [3.05, 3.63) is 0 Å². The second-order valence-electron chi connectivity index (χ2n) is 4.53. The van der Waals surface area contributed by atoms with Gasteiger partial charge in [0, 0.05) is 18.6 Å². The van der Waals surface area contributed by atoms with Crippen molar-refractivity contribution in [2.45, 2.75) is 25.3 Å². The Hall–Kier alpha value is -0.160. The van der Waals surface area contributed by atoms with Crippen LogP contribution in [0.3, 0.4) is 0 Å². The number of aliphatic hydroxyl groups excluding tert-OH is 1. The molecular formula is C11H24N2O2. The van der Waals surface area contributed by atoms with Crippen LogP contribution in [-0.4, -0.2) is 62.0 Å². The summed E-state index contributed by atoms with van der Waals surface area (Å²) in [6.45, 7) is 7.21. The second kappa shape index (κ2) is 6.43. The molecule has 1 aliphatic heterocycles. The third-order valence-electron chi connectivity index (χ3n) is 3.26. The van der Waals surface area contributed by atoms with Crippen LogP contribution in [0, 0.1) is 0 Å². The third-order valence-corrected chi connectivity index (χ3v) is 3.26. The van der Waals surface area contributed by atoms with Crippen molar-refractivity contribution < 1.29 is 9.84 Å². The van der Waals surface area contributed by atoms with Gasteiger partial charge in [0.15, 0.2) is 0 Å². The second-order valence-corrected chi connectivity index (χ2v) is 4.53. The highest BCUT2D eigenvalue weighted by atomic mass is 16.5. The molecule has 1 saturated heterocycles. The molecule has 0 amide bonds. The largest absolute Gasteiger partial charge is 0.394 e. The van der Waals surface area contributed by atoms with Crippen molar-refractivity contribution in [3.63, 3.8) is 0 Å². The Morgan fingerprint density at radius 1 is 1.40 bits per heavy atom. The van der Waals surface area contributed by atoms with Gasteiger partial charge in [0.25, 0.3) is 0 Å². The molecule has 1 unspecified atom stereocenters. The fourth-order valence-corrected chi connectivity index (χ4v) is 1.80. The smallest absolute Gasteiger partial charge is 0.0610 e. The zero-order valence-electron chi connectivity index (χ0n) is 9.96. The first-order valence-corrected chi connectivity index (χ1v) is 5.80. The zero-order chi connectivity index (χ0) is 11.1. The summed E-state index contributed by atoms with van der Waals surface area (Å²) in [4.78, 5) is 2.43. The lowest BCUT2D eigenvalue weighted by Gasteiger charge is -2.30. The molecule has 0 aromatic carbocycles. The van der Waals surface area contributed by atoms with Gasteiger partial charge < -0.3 is 15.2 Å². The van der Waals surface area contributed by atoms with Gasteiger partial charge in [-0.1, -0.05) is 0 Å². The number of aliphatic hydroxyl groups is 1. The number of nitrogens with one attached hydrogen (secondary N) is 1. The van der Waals surface area contributed by atoms with Crippen LogP contribution in [0.25, 0.3) is 0 Å². The van der Waals surface area contributed by atoms with Crippen molar-refractivity contribution >= 4 is 0 Å². The van der Waals surface area contributed by atoms with E-state index >= 15 is 0 Å². The van der Waals surface area contributed by atoms with Gasteiger partial charge in [-0.3, -0.25) is 4.90 Å². The van der Waals surface area contributed by atoms with E-state index in [1.54, 1.807) is 0 Å². The van der Waals surface area contributed by atoms with Crippen LogP contribution in [-0.2, 0) is 4.74 Å². The van der Waals surface area contributed by atoms with E-state index in [9.17, 15) is 5.11 Å². The average Bonchev–Trinajstić information content (AvgIpc) is 2.30. The fraction of sp³-hybridized carbons (Fsp3) is 1.00. The topological polar surface area (TPSA) is 44.7 Å². The van der Waals surface area contributed by atoms with Gasteiger partial charge in [0.05, 0.1) is 19.8 Å². The van der Waals surface area contributed by atoms with Crippen molar-refractivity contribution in [3.8, 4) is 0 Å². The van der Waals surface area contributed by atoms with Crippen LogP contribution in [0.15, 0.2) is 0 Å². The average molecular weight is 216 g/mol. The van der Waals surface area contributed by atoms with E-state index in [4.69, 9.17) is 4.74 Å². The molecular weight excluding hydrogens is 192 g/mol. The fourth-order valence-electron chi connectivity index (χ4n) is 1.80. The van der Waals surface area contributed by atoms with E-state index in [2.05, 4.69) is 17.1 Å².